The number of halogens is 1. The Morgan fingerprint density at radius 1 is 1.33 bits per heavy atom. The molecule has 2 heterocycles. The van der Waals surface area contributed by atoms with E-state index in [4.69, 9.17) is 11.6 Å². The molecular formula is C12H16ClN3OS. The van der Waals surface area contributed by atoms with Gasteiger partial charge in [-0.1, -0.05) is 25.4 Å². The summed E-state index contributed by atoms with van der Waals surface area (Å²) in [5, 5.41) is 1.27. The Kier molecular flexibility index (Phi) is 4.12. The molecule has 2 unspecified atom stereocenters. The van der Waals surface area contributed by atoms with Crippen molar-refractivity contribution in [2.24, 2.45) is 0 Å². The first kappa shape index (κ1) is 13.6. The largest absolute Gasteiger partial charge is 0.354 e. The lowest BCUT2D eigenvalue weighted by molar-refractivity contribution is 0.112. The molecule has 1 aromatic heterocycles. The third kappa shape index (κ3) is 2.78. The van der Waals surface area contributed by atoms with Crippen LogP contribution in [-0.2, 0) is 0 Å². The molecule has 0 saturated carbocycles. The van der Waals surface area contributed by atoms with Crippen LogP contribution in [0.1, 0.15) is 30.0 Å². The molecule has 2 rings (SSSR count). The number of aromatic nitrogens is 2. The van der Waals surface area contributed by atoms with E-state index in [1.807, 2.05) is 11.8 Å². The van der Waals surface area contributed by atoms with Crippen LogP contribution < -0.4 is 4.90 Å². The van der Waals surface area contributed by atoms with Gasteiger partial charge in [0.05, 0.1) is 5.56 Å². The Morgan fingerprint density at radius 2 is 1.94 bits per heavy atom. The molecule has 0 aromatic carbocycles. The lowest BCUT2D eigenvalue weighted by Crippen LogP contribution is -2.41. The summed E-state index contributed by atoms with van der Waals surface area (Å²) in [6.07, 6.45) is 0.744. The standard InChI is InChI=1S/C12H16ClN3OS/c1-7-4-16(5-8(2)18-7)12-10(6-17)11(13)14-9(3)15-12/h6-8H,4-5H2,1-3H3. The van der Waals surface area contributed by atoms with Gasteiger partial charge in [-0.15, -0.1) is 0 Å². The van der Waals surface area contributed by atoms with Crippen LogP contribution in [0.5, 0.6) is 0 Å². The molecule has 0 radical (unpaired) electrons. The molecule has 98 valence electrons. The maximum atomic E-state index is 11.2. The molecule has 2 atom stereocenters. The molecule has 6 heteroatoms. The number of hydrogen-bond donors (Lipinski definition) is 0. The molecular weight excluding hydrogens is 270 g/mol. The van der Waals surface area contributed by atoms with Crippen LogP contribution in [0, 0.1) is 6.92 Å². The fourth-order valence-electron chi connectivity index (χ4n) is 2.23. The van der Waals surface area contributed by atoms with E-state index in [0.717, 1.165) is 19.4 Å². The molecule has 0 N–H and O–H groups in total. The molecule has 0 amide bonds. The third-order valence-corrected chi connectivity index (χ3v) is 4.34. The van der Waals surface area contributed by atoms with E-state index in [9.17, 15) is 4.79 Å². The normalized spacial score (nSPS) is 24.1. The number of thioether (sulfide) groups is 1. The van der Waals surface area contributed by atoms with Gasteiger partial charge in [0.25, 0.3) is 0 Å². The summed E-state index contributed by atoms with van der Waals surface area (Å²) in [4.78, 5) is 21.7. The molecule has 18 heavy (non-hydrogen) atoms. The number of nitrogens with zero attached hydrogens (tertiary/aromatic N) is 3. The van der Waals surface area contributed by atoms with Crippen molar-refractivity contribution in [3.05, 3.63) is 16.5 Å². The van der Waals surface area contributed by atoms with Crippen LogP contribution in [0.2, 0.25) is 5.15 Å². The summed E-state index contributed by atoms with van der Waals surface area (Å²) < 4.78 is 0. The van der Waals surface area contributed by atoms with Crippen molar-refractivity contribution >= 4 is 35.5 Å². The highest BCUT2D eigenvalue weighted by Gasteiger charge is 2.26. The number of aldehydes is 1. The van der Waals surface area contributed by atoms with E-state index in [-0.39, 0.29) is 5.15 Å². The highest BCUT2D eigenvalue weighted by Crippen LogP contribution is 2.30. The minimum absolute atomic E-state index is 0.242. The second-order valence-electron chi connectivity index (χ2n) is 4.58. The maximum Gasteiger partial charge on any atom is 0.156 e. The van der Waals surface area contributed by atoms with Gasteiger partial charge in [0.1, 0.15) is 16.8 Å². The van der Waals surface area contributed by atoms with Gasteiger partial charge in [0.15, 0.2) is 6.29 Å². The molecule has 1 aromatic rings. The lowest BCUT2D eigenvalue weighted by atomic mass is 10.2. The molecule has 0 bridgehead atoms. The quantitative estimate of drug-likeness (QED) is 0.617. The van der Waals surface area contributed by atoms with Crippen LogP contribution in [0.15, 0.2) is 0 Å². The summed E-state index contributed by atoms with van der Waals surface area (Å²) >= 11 is 7.97. The number of rotatable bonds is 2. The second-order valence-corrected chi connectivity index (χ2v) is 6.82. The summed E-state index contributed by atoms with van der Waals surface area (Å²) in [6.45, 7) is 7.91. The zero-order valence-corrected chi connectivity index (χ0v) is 12.3. The highest BCUT2D eigenvalue weighted by atomic mass is 35.5. The fraction of sp³-hybridized carbons (Fsp3) is 0.583. The molecule has 1 saturated heterocycles. The van der Waals surface area contributed by atoms with Gasteiger partial charge in [-0.3, -0.25) is 4.79 Å². The zero-order valence-electron chi connectivity index (χ0n) is 10.7. The third-order valence-electron chi connectivity index (χ3n) is 2.83. The van der Waals surface area contributed by atoms with Gasteiger partial charge < -0.3 is 4.90 Å². The number of aryl methyl sites for hydroxylation is 1. The van der Waals surface area contributed by atoms with E-state index in [1.54, 1.807) is 6.92 Å². The van der Waals surface area contributed by atoms with Crippen LogP contribution in [0.4, 0.5) is 5.82 Å². The van der Waals surface area contributed by atoms with E-state index < -0.39 is 0 Å². The smallest absolute Gasteiger partial charge is 0.156 e. The minimum atomic E-state index is 0.242. The summed E-state index contributed by atoms with van der Waals surface area (Å²) in [5.41, 5.74) is 0.397. The first-order valence-corrected chi connectivity index (χ1v) is 7.23. The van der Waals surface area contributed by atoms with Gasteiger partial charge in [-0.05, 0) is 6.92 Å². The first-order valence-electron chi connectivity index (χ1n) is 5.91. The van der Waals surface area contributed by atoms with Crippen LogP contribution in [-0.4, -0.2) is 39.8 Å². The van der Waals surface area contributed by atoms with Crippen molar-refractivity contribution in [2.75, 3.05) is 18.0 Å². The molecule has 1 aliphatic heterocycles. The van der Waals surface area contributed by atoms with Gasteiger partial charge in [-0.2, -0.15) is 11.8 Å². The van der Waals surface area contributed by atoms with Crippen molar-refractivity contribution in [1.29, 1.82) is 0 Å². The predicted octanol–water partition coefficient (Wildman–Crippen LogP) is 2.58. The van der Waals surface area contributed by atoms with E-state index in [0.29, 0.717) is 27.7 Å². The zero-order chi connectivity index (χ0) is 13.3. The summed E-state index contributed by atoms with van der Waals surface area (Å²) in [7, 11) is 0. The minimum Gasteiger partial charge on any atom is -0.354 e. The van der Waals surface area contributed by atoms with Gasteiger partial charge in [-0.25, -0.2) is 9.97 Å². The van der Waals surface area contributed by atoms with Gasteiger partial charge >= 0.3 is 0 Å². The Hall–Kier alpha value is -0.810. The monoisotopic (exact) mass is 285 g/mol. The summed E-state index contributed by atoms with van der Waals surface area (Å²) in [5.74, 6) is 1.26. The van der Waals surface area contributed by atoms with Crippen molar-refractivity contribution in [3.63, 3.8) is 0 Å². The maximum absolute atomic E-state index is 11.2. The second kappa shape index (κ2) is 5.45. The number of carbonyl (C=O) groups is 1. The fourth-order valence-corrected chi connectivity index (χ4v) is 3.80. The van der Waals surface area contributed by atoms with Crippen LogP contribution >= 0.6 is 23.4 Å². The highest BCUT2D eigenvalue weighted by molar-refractivity contribution is 8.00. The Morgan fingerprint density at radius 3 is 2.50 bits per heavy atom. The van der Waals surface area contributed by atoms with E-state index in [1.165, 1.54) is 0 Å². The number of anilines is 1. The Bertz CT molecular complexity index is 459. The van der Waals surface area contributed by atoms with Crippen molar-refractivity contribution in [1.82, 2.24) is 9.97 Å². The van der Waals surface area contributed by atoms with Gasteiger partial charge in [0, 0.05) is 23.6 Å². The molecule has 4 nitrogen and oxygen atoms in total. The van der Waals surface area contributed by atoms with Crippen molar-refractivity contribution in [2.45, 2.75) is 31.3 Å². The molecule has 1 aliphatic rings. The SMILES string of the molecule is Cc1nc(Cl)c(C=O)c(N2CC(C)SC(C)C2)n1. The van der Waals surface area contributed by atoms with Crippen molar-refractivity contribution in [3.8, 4) is 0 Å². The first-order chi connectivity index (χ1) is 8.51. The number of hydrogen-bond acceptors (Lipinski definition) is 5. The molecule has 1 fully saturated rings. The summed E-state index contributed by atoms with van der Waals surface area (Å²) in [6, 6.07) is 0. The van der Waals surface area contributed by atoms with Gasteiger partial charge in [0.2, 0.25) is 0 Å². The number of carbonyl (C=O) groups excluding carboxylic acids is 1. The van der Waals surface area contributed by atoms with E-state index in [2.05, 4.69) is 28.7 Å². The predicted molar refractivity (Wildman–Crippen MR) is 75.9 cm³/mol. The van der Waals surface area contributed by atoms with Crippen molar-refractivity contribution < 1.29 is 4.79 Å². The molecule has 0 spiro atoms. The van der Waals surface area contributed by atoms with Crippen LogP contribution in [0.3, 0.4) is 0 Å². The average molecular weight is 286 g/mol. The molecule has 0 aliphatic carbocycles. The Balaban J connectivity index is 2.40. The van der Waals surface area contributed by atoms with E-state index >= 15 is 0 Å². The average Bonchev–Trinajstić information content (AvgIpc) is 2.26. The van der Waals surface area contributed by atoms with Crippen LogP contribution in [0.25, 0.3) is 0 Å². The topological polar surface area (TPSA) is 46.1 Å². The lowest BCUT2D eigenvalue weighted by Gasteiger charge is -2.36. The Labute approximate surface area is 116 Å².